The lowest BCUT2D eigenvalue weighted by molar-refractivity contribution is 0.0852. The van der Waals surface area contributed by atoms with Crippen LogP contribution >= 0.6 is 0 Å². The summed E-state index contributed by atoms with van der Waals surface area (Å²) in [4.78, 5) is 12.8. The van der Waals surface area contributed by atoms with Gasteiger partial charge in [0.2, 0.25) is 5.75 Å². The average Bonchev–Trinajstić information content (AvgIpc) is 2.72. The number of hydrogen-bond donors (Lipinski definition) is 2. The van der Waals surface area contributed by atoms with Crippen molar-refractivity contribution in [3.63, 3.8) is 0 Å². The normalized spacial score (nSPS) is 10.5. The number of rotatable bonds is 5. The molecule has 0 unspecified atom stereocenters. The number of methoxy groups -OCH3 is 3. The van der Waals surface area contributed by atoms with E-state index < -0.39 is 5.91 Å². The molecule has 0 saturated heterocycles. The number of aromatic hydroxyl groups is 1. The second-order valence-electron chi connectivity index (χ2n) is 5.69. The highest BCUT2D eigenvalue weighted by Gasteiger charge is 2.23. The Morgan fingerprint density at radius 1 is 0.926 bits per heavy atom. The van der Waals surface area contributed by atoms with Crippen molar-refractivity contribution in [3.05, 3.63) is 54.1 Å². The molecular formula is C20H19NO6. The van der Waals surface area contributed by atoms with Crippen LogP contribution in [0, 0.1) is 0 Å². The molecule has 0 aromatic heterocycles. The molecule has 0 radical (unpaired) electrons. The monoisotopic (exact) mass is 369 g/mol. The summed E-state index contributed by atoms with van der Waals surface area (Å²) in [5, 5.41) is 22.6. The highest BCUT2D eigenvalue weighted by atomic mass is 16.5. The van der Waals surface area contributed by atoms with E-state index in [2.05, 4.69) is 0 Å². The summed E-state index contributed by atoms with van der Waals surface area (Å²) in [6.07, 6.45) is 0. The van der Waals surface area contributed by atoms with Gasteiger partial charge in [0.15, 0.2) is 11.5 Å². The quantitative estimate of drug-likeness (QED) is 0.528. The van der Waals surface area contributed by atoms with E-state index in [1.807, 2.05) is 12.1 Å². The van der Waals surface area contributed by atoms with Gasteiger partial charge in [-0.2, -0.15) is 5.06 Å². The minimum Gasteiger partial charge on any atom is -0.505 e. The Morgan fingerprint density at radius 3 is 2.15 bits per heavy atom. The minimum absolute atomic E-state index is 0.0348. The molecule has 0 spiro atoms. The maximum absolute atomic E-state index is 12.8. The summed E-state index contributed by atoms with van der Waals surface area (Å²) in [5.74, 6) is -0.0847. The fraction of sp³-hybridized carbons (Fsp3) is 0.150. The Bertz CT molecular complexity index is 976. The highest BCUT2D eigenvalue weighted by Crippen LogP contribution is 2.39. The first-order valence-corrected chi connectivity index (χ1v) is 8.05. The molecule has 0 fully saturated rings. The SMILES string of the molecule is COc1cc(C(=O)N(O)c2ccc3ccccc3c2O)cc(OC)c1OC. The zero-order valence-corrected chi connectivity index (χ0v) is 15.1. The molecule has 140 valence electrons. The van der Waals surface area contributed by atoms with Crippen LogP contribution in [0.2, 0.25) is 0 Å². The summed E-state index contributed by atoms with van der Waals surface area (Å²) >= 11 is 0. The summed E-state index contributed by atoms with van der Waals surface area (Å²) in [6.45, 7) is 0. The number of fused-ring (bicyclic) bond motifs is 1. The fourth-order valence-electron chi connectivity index (χ4n) is 2.85. The van der Waals surface area contributed by atoms with Gasteiger partial charge in [0.1, 0.15) is 11.4 Å². The second-order valence-corrected chi connectivity index (χ2v) is 5.69. The molecule has 27 heavy (non-hydrogen) atoms. The standard InChI is InChI=1S/C20H19NO6/c1-25-16-10-13(11-17(26-2)19(16)27-3)20(23)21(24)15-9-8-12-6-4-5-7-14(12)18(15)22/h4-11,22,24H,1-3H3. The summed E-state index contributed by atoms with van der Waals surface area (Å²) in [6, 6.07) is 13.1. The zero-order valence-electron chi connectivity index (χ0n) is 15.1. The van der Waals surface area contributed by atoms with Crippen molar-refractivity contribution < 1.29 is 29.3 Å². The lowest BCUT2D eigenvalue weighted by Crippen LogP contribution is -2.27. The van der Waals surface area contributed by atoms with E-state index in [9.17, 15) is 15.1 Å². The molecule has 3 aromatic rings. The van der Waals surface area contributed by atoms with Crippen molar-refractivity contribution in [2.24, 2.45) is 0 Å². The topological polar surface area (TPSA) is 88.5 Å². The van der Waals surface area contributed by atoms with Gasteiger partial charge in [-0.3, -0.25) is 10.0 Å². The zero-order chi connectivity index (χ0) is 19.6. The van der Waals surface area contributed by atoms with Crippen LogP contribution in [-0.4, -0.2) is 37.6 Å². The van der Waals surface area contributed by atoms with Gasteiger partial charge < -0.3 is 19.3 Å². The van der Waals surface area contributed by atoms with Crippen LogP contribution in [0.4, 0.5) is 5.69 Å². The van der Waals surface area contributed by atoms with Crippen LogP contribution < -0.4 is 19.3 Å². The van der Waals surface area contributed by atoms with Gasteiger partial charge in [0, 0.05) is 10.9 Å². The Labute approximate surface area is 155 Å². The van der Waals surface area contributed by atoms with Gasteiger partial charge in [0.05, 0.1) is 21.3 Å². The van der Waals surface area contributed by atoms with Crippen molar-refractivity contribution in [1.29, 1.82) is 0 Å². The molecule has 0 saturated carbocycles. The van der Waals surface area contributed by atoms with Crippen LogP contribution in [0.15, 0.2) is 48.5 Å². The third-order valence-corrected chi connectivity index (χ3v) is 4.21. The molecule has 1 amide bonds. The van der Waals surface area contributed by atoms with Crippen molar-refractivity contribution in [3.8, 4) is 23.0 Å². The third kappa shape index (κ3) is 3.20. The van der Waals surface area contributed by atoms with Crippen molar-refractivity contribution in [2.75, 3.05) is 26.4 Å². The van der Waals surface area contributed by atoms with Crippen molar-refractivity contribution in [1.82, 2.24) is 0 Å². The molecule has 0 aliphatic heterocycles. The van der Waals surface area contributed by atoms with E-state index in [4.69, 9.17) is 14.2 Å². The van der Waals surface area contributed by atoms with Gasteiger partial charge in [-0.15, -0.1) is 0 Å². The molecule has 7 heteroatoms. The molecule has 0 aliphatic rings. The molecule has 0 bridgehead atoms. The first-order chi connectivity index (χ1) is 13.0. The lowest BCUT2D eigenvalue weighted by atomic mass is 10.1. The number of phenolic OH excluding ortho intramolecular Hbond substituents is 1. The number of hydrogen-bond acceptors (Lipinski definition) is 6. The number of carbonyl (C=O) groups is 1. The number of anilines is 1. The molecule has 2 N–H and O–H groups in total. The van der Waals surface area contributed by atoms with E-state index in [1.54, 1.807) is 18.2 Å². The van der Waals surface area contributed by atoms with Crippen LogP contribution in [-0.2, 0) is 0 Å². The molecule has 0 aliphatic carbocycles. The third-order valence-electron chi connectivity index (χ3n) is 4.21. The number of amides is 1. The Hall–Kier alpha value is -3.45. The van der Waals surface area contributed by atoms with Crippen molar-refractivity contribution >= 4 is 22.4 Å². The van der Waals surface area contributed by atoms with E-state index in [1.165, 1.54) is 39.5 Å². The average molecular weight is 369 g/mol. The van der Waals surface area contributed by atoms with Crippen molar-refractivity contribution in [2.45, 2.75) is 0 Å². The van der Waals surface area contributed by atoms with Crippen LogP contribution in [0.1, 0.15) is 10.4 Å². The predicted octanol–water partition coefficient (Wildman–Crippen LogP) is 3.61. The first kappa shape index (κ1) is 18.3. The van der Waals surface area contributed by atoms with Gasteiger partial charge in [-0.05, 0) is 23.6 Å². The molecule has 0 heterocycles. The summed E-state index contributed by atoms with van der Waals surface area (Å²) in [5.41, 5.74) is 0.0620. The summed E-state index contributed by atoms with van der Waals surface area (Å²) in [7, 11) is 4.31. The van der Waals surface area contributed by atoms with Crippen LogP contribution in [0.3, 0.4) is 0 Å². The number of nitrogens with zero attached hydrogens (tertiary/aromatic N) is 1. The number of benzene rings is 3. The predicted molar refractivity (Wildman–Crippen MR) is 100 cm³/mol. The highest BCUT2D eigenvalue weighted by molar-refractivity contribution is 6.07. The number of phenols is 1. The minimum atomic E-state index is -0.764. The Kier molecular flexibility index (Phi) is 5.05. The first-order valence-electron chi connectivity index (χ1n) is 8.05. The van der Waals surface area contributed by atoms with E-state index in [0.29, 0.717) is 16.2 Å². The fourth-order valence-corrected chi connectivity index (χ4v) is 2.85. The smallest absolute Gasteiger partial charge is 0.282 e. The van der Waals surface area contributed by atoms with Gasteiger partial charge >= 0.3 is 0 Å². The number of carbonyl (C=O) groups excluding carboxylic acids is 1. The summed E-state index contributed by atoms with van der Waals surface area (Å²) < 4.78 is 15.7. The Balaban J connectivity index is 2.04. The Morgan fingerprint density at radius 2 is 1.56 bits per heavy atom. The molecule has 3 rings (SSSR count). The van der Waals surface area contributed by atoms with Crippen LogP contribution in [0.5, 0.6) is 23.0 Å². The molecule has 3 aromatic carbocycles. The number of hydroxylamine groups is 1. The number of ether oxygens (including phenoxy) is 3. The van der Waals surface area contributed by atoms with Gasteiger partial charge in [-0.1, -0.05) is 30.3 Å². The molecular weight excluding hydrogens is 350 g/mol. The maximum Gasteiger partial charge on any atom is 0.282 e. The largest absolute Gasteiger partial charge is 0.505 e. The van der Waals surface area contributed by atoms with E-state index in [-0.39, 0.29) is 28.5 Å². The van der Waals surface area contributed by atoms with E-state index in [0.717, 1.165) is 5.39 Å². The molecule has 7 nitrogen and oxygen atoms in total. The lowest BCUT2D eigenvalue weighted by Gasteiger charge is -2.19. The maximum atomic E-state index is 12.8. The molecule has 0 atom stereocenters. The van der Waals surface area contributed by atoms with Gasteiger partial charge in [-0.25, -0.2) is 0 Å². The van der Waals surface area contributed by atoms with E-state index >= 15 is 0 Å². The van der Waals surface area contributed by atoms with Crippen LogP contribution in [0.25, 0.3) is 10.8 Å². The van der Waals surface area contributed by atoms with Gasteiger partial charge in [0.25, 0.3) is 5.91 Å². The second kappa shape index (κ2) is 7.43.